The molecule has 0 radical (unpaired) electrons. The molecule has 0 bridgehead atoms. The molecule has 0 aliphatic carbocycles. The monoisotopic (exact) mass is 183 g/mol. The normalized spacial score (nSPS) is 10.1. The van der Waals surface area contributed by atoms with E-state index in [1.807, 2.05) is 11.8 Å². The van der Waals surface area contributed by atoms with Crippen LogP contribution in [0.5, 0.6) is 0 Å². The minimum Gasteiger partial charge on any atom is -0.330 e. The molecule has 0 fully saturated rings. The van der Waals surface area contributed by atoms with Gasteiger partial charge in [-0.25, -0.2) is 0 Å². The number of rotatable bonds is 5. The summed E-state index contributed by atoms with van der Waals surface area (Å²) in [6.45, 7) is 0.771. The zero-order valence-corrected chi connectivity index (χ0v) is 7.76. The lowest BCUT2D eigenvalue weighted by atomic mass is 10.5. The highest BCUT2D eigenvalue weighted by Crippen LogP contribution is 2.08. The average Bonchev–Trinajstić information content (AvgIpc) is 2.14. The van der Waals surface area contributed by atoms with Crippen LogP contribution in [0.4, 0.5) is 0 Å². The Hall–Kier alpha value is -0.610. The van der Waals surface area contributed by atoms with Gasteiger partial charge < -0.3 is 5.73 Å². The molecular formula is C8H13N3S. The second kappa shape index (κ2) is 5.97. The zero-order valence-electron chi connectivity index (χ0n) is 6.94. The summed E-state index contributed by atoms with van der Waals surface area (Å²) in [7, 11) is 0. The smallest absolute Gasteiger partial charge is 0.0685 e. The number of hydrogen-bond donors (Lipinski definition) is 1. The van der Waals surface area contributed by atoms with Crippen molar-refractivity contribution in [1.82, 2.24) is 9.97 Å². The van der Waals surface area contributed by atoms with Gasteiger partial charge in [0.05, 0.1) is 5.69 Å². The van der Waals surface area contributed by atoms with Crippen molar-refractivity contribution in [3.8, 4) is 0 Å². The first-order valence-electron chi connectivity index (χ1n) is 3.96. The molecular weight excluding hydrogens is 170 g/mol. The van der Waals surface area contributed by atoms with Crippen LogP contribution >= 0.6 is 11.8 Å². The molecule has 0 amide bonds. The second-order valence-electron chi connectivity index (χ2n) is 2.39. The highest BCUT2D eigenvalue weighted by molar-refractivity contribution is 7.98. The summed E-state index contributed by atoms with van der Waals surface area (Å²) in [6, 6.07) is 0. The molecule has 0 aromatic carbocycles. The molecule has 0 unspecified atom stereocenters. The Morgan fingerprint density at radius 1 is 1.42 bits per heavy atom. The van der Waals surface area contributed by atoms with Crippen LogP contribution in [-0.4, -0.2) is 22.3 Å². The fourth-order valence-electron chi connectivity index (χ4n) is 0.767. The second-order valence-corrected chi connectivity index (χ2v) is 3.50. The van der Waals surface area contributed by atoms with E-state index in [4.69, 9.17) is 5.73 Å². The van der Waals surface area contributed by atoms with Gasteiger partial charge in [0.2, 0.25) is 0 Å². The van der Waals surface area contributed by atoms with Crippen LogP contribution in [0.25, 0.3) is 0 Å². The molecule has 1 rings (SSSR count). The van der Waals surface area contributed by atoms with Gasteiger partial charge in [0.15, 0.2) is 0 Å². The van der Waals surface area contributed by atoms with Crippen LogP contribution < -0.4 is 5.73 Å². The van der Waals surface area contributed by atoms with Gasteiger partial charge in [0.1, 0.15) is 0 Å². The number of aromatic nitrogens is 2. The Labute approximate surface area is 76.8 Å². The minimum absolute atomic E-state index is 0.771. The Bertz CT molecular complexity index is 203. The molecule has 66 valence electrons. The van der Waals surface area contributed by atoms with Gasteiger partial charge in [-0.1, -0.05) is 0 Å². The first kappa shape index (κ1) is 9.48. The SMILES string of the molecule is NCCCSCc1cnccn1. The zero-order chi connectivity index (χ0) is 8.65. The minimum atomic E-state index is 0.771. The van der Waals surface area contributed by atoms with E-state index >= 15 is 0 Å². The van der Waals surface area contributed by atoms with Gasteiger partial charge >= 0.3 is 0 Å². The van der Waals surface area contributed by atoms with Crippen molar-refractivity contribution in [2.24, 2.45) is 5.73 Å². The van der Waals surface area contributed by atoms with Crippen molar-refractivity contribution in [2.75, 3.05) is 12.3 Å². The van der Waals surface area contributed by atoms with E-state index < -0.39 is 0 Å². The summed E-state index contributed by atoms with van der Waals surface area (Å²) in [4.78, 5) is 8.14. The van der Waals surface area contributed by atoms with Crippen molar-refractivity contribution in [1.29, 1.82) is 0 Å². The highest BCUT2D eigenvalue weighted by atomic mass is 32.2. The van der Waals surface area contributed by atoms with Gasteiger partial charge in [-0.15, -0.1) is 0 Å². The van der Waals surface area contributed by atoms with E-state index in [0.29, 0.717) is 0 Å². The van der Waals surface area contributed by atoms with Crippen LogP contribution in [0, 0.1) is 0 Å². The summed E-state index contributed by atoms with van der Waals surface area (Å²) in [5.74, 6) is 2.04. The summed E-state index contributed by atoms with van der Waals surface area (Å²) in [5.41, 5.74) is 6.41. The molecule has 0 aliphatic heterocycles. The van der Waals surface area contributed by atoms with E-state index in [-0.39, 0.29) is 0 Å². The van der Waals surface area contributed by atoms with Gasteiger partial charge in [-0.2, -0.15) is 11.8 Å². The van der Waals surface area contributed by atoms with Crippen LogP contribution in [0.2, 0.25) is 0 Å². The summed E-state index contributed by atoms with van der Waals surface area (Å²) >= 11 is 1.85. The lowest BCUT2D eigenvalue weighted by Gasteiger charge is -1.98. The van der Waals surface area contributed by atoms with E-state index in [2.05, 4.69) is 9.97 Å². The Morgan fingerprint density at radius 2 is 2.33 bits per heavy atom. The molecule has 1 aromatic heterocycles. The standard InChI is InChI=1S/C8H13N3S/c9-2-1-5-12-7-8-6-10-3-4-11-8/h3-4,6H,1-2,5,7,9H2. The molecule has 0 saturated heterocycles. The number of thioether (sulfide) groups is 1. The van der Waals surface area contributed by atoms with Crippen molar-refractivity contribution in [3.63, 3.8) is 0 Å². The van der Waals surface area contributed by atoms with Crippen LogP contribution in [0.3, 0.4) is 0 Å². The van der Waals surface area contributed by atoms with Crippen molar-refractivity contribution in [2.45, 2.75) is 12.2 Å². The molecule has 3 nitrogen and oxygen atoms in total. The summed E-state index contributed by atoms with van der Waals surface area (Å²) in [6.07, 6.45) is 6.28. The quantitative estimate of drug-likeness (QED) is 0.693. The first-order valence-corrected chi connectivity index (χ1v) is 5.11. The molecule has 0 saturated carbocycles. The number of nitrogens with zero attached hydrogens (tertiary/aromatic N) is 2. The van der Waals surface area contributed by atoms with Gasteiger partial charge in [-0.3, -0.25) is 9.97 Å². The Kier molecular flexibility index (Phi) is 4.71. The molecule has 2 N–H and O–H groups in total. The fourth-order valence-corrected chi connectivity index (χ4v) is 1.64. The Balaban J connectivity index is 2.16. The third kappa shape index (κ3) is 3.69. The topological polar surface area (TPSA) is 51.8 Å². The van der Waals surface area contributed by atoms with E-state index in [0.717, 1.165) is 30.2 Å². The molecule has 0 spiro atoms. The molecule has 0 atom stereocenters. The van der Waals surface area contributed by atoms with Gasteiger partial charge in [-0.05, 0) is 18.7 Å². The fraction of sp³-hybridized carbons (Fsp3) is 0.500. The maximum Gasteiger partial charge on any atom is 0.0685 e. The molecule has 1 aromatic rings. The molecule has 0 aliphatic rings. The maximum atomic E-state index is 5.37. The Morgan fingerprint density at radius 3 is 3.00 bits per heavy atom. The van der Waals surface area contributed by atoms with Crippen LogP contribution in [0.1, 0.15) is 12.1 Å². The van der Waals surface area contributed by atoms with Crippen molar-refractivity contribution < 1.29 is 0 Å². The third-order valence-electron chi connectivity index (χ3n) is 1.36. The van der Waals surface area contributed by atoms with Crippen LogP contribution in [0.15, 0.2) is 18.6 Å². The van der Waals surface area contributed by atoms with Crippen LogP contribution in [-0.2, 0) is 5.75 Å². The predicted molar refractivity (Wildman–Crippen MR) is 51.9 cm³/mol. The highest BCUT2D eigenvalue weighted by Gasteiger charge is 1.92. The number of hydrogen-bond acceptors (Lipinski definition) is 4. The maximum absolute atomic E-state index is 5.37. The largest absolute Gasteiger partial charge is 0.330 e. The number of nitrogens with two attached hydrogens (primary N) is 1. The van der Waals surface area contributed by atoms with Gasteiger partial charge in [0, 0.05) is 24.3 Å². The van der Waals surface area contributed by atoms with Gasteiger partial charge in [0.25, 0.3) is 0 Å². The molecule has 12 heavy (non-hydrogen) atoms. The molecule has 1 heterocycles. The van der Waals surface area contributed by atoms with E-state index in [1.54, 1.807) is 18.6 Å². The summed E-state index contributed by atoms with van der Waals surface area (Å²) < 4.78 is 0. The first-order chi connectivity index (χ1) is 5.93. The van der Waals surface area contributed by atoms with E-state index in [1.165, 1.54) is 0 Å². The van der Waals surface area contributed by atoms with E-state index in [9.17, 15) is 0 Å². The third-order valence-corrected chi connectivity index (χ3v) is 2.44. The lowest BCUT2D eigenvalue weighted by molar-refractivity contribution is 0.942. The average molecular weight is 183 g/mol. The van der Waals surface area contributed by atoms with Crippen molar-refractivity contribution in [3.05, 3.63) is 24.3 Å². The predicted octanol–water partition coefficient (Wildman–Crippen LogP) is 1.06. The molecule has 4 heteroatoms. The summed E-state index contributed by atoms with van der Waals surface area (Å²) in [5, 5.41) is 0. The lowest BCUT2D eigenvalue weighted by Crippen LogP contribution is -1.99. The van der Waals surface area contributed by atoms with Crippen molar-refractivity contribution >= 4 is 11.8 Å².